The number of halogens is 5. The predicted molar refractivity (Wildman–Crippen MR) is 342 cm³/mol. The number of carbonyl (C=O) groups is 11. The molecule has 1 spiro atoms. The first kappa shape index (κ1) is 76.4. The van der Waals surface area contributed by atoms with Crippen molar-refractivity contribution in [3.05, 3.63) is 0 Å². The largest absolute Gasteiger partial charge is 0.393 e. The highest BCUT2D eigenvalue weighted by Gasteiger charge is 2.51. The summed E-state index contributed by atoms with van der Waals surface area (Å²) < 4.78 is 41.7. The fourth-order valence-electron chi connectivity index (χ4n) is 14.0. The van der Waals surface area contributed by atoms with Crippen LogP contribution in [0.15, 0.2) is 0 Å². The van der Waals surface area contributed by atoms with Crippen LogP contribution in [0.2, 0.25) is 0 Å². The maximum atomic E-state index is 15.1. The van der Waals surface area contributed by atoms with Gasteiger partial charge < -0.3 is 55.6 Å². The molecule has 13 atom stereocenters. The van der Waals surface area contributed by atoms with Crippen LogP contribution < -0.4 is 21.3 Å². The number of fused-ring (bicyclic) bond motifs is 1. The van der Waals surface area contributed by atoms with E-state index in [1.54, 1.807) is 27.7 Å². The molecule has 0 aromatic rings. The van der Waals surface area contributed by atoms with E-state index >= 15 is 9.59 Å². The van der Waals surface area contributed by atoms with Crippen molar-refractivity contribution in [2.75, 3.05) is 68.5 Å². The van der Waals surface area contributed by atoms with Crippen molar-refractivity contribution in [1.29, 1.82) is 0 Å². The van der Waals surface area contributed by atoms with E-state index in [2.05, 4.69) is 37.2 Å². The van der Waals surface area contributed by atoms with E-state index in [9.17, 15) is 56.3 Å². The van der Waals surface area contributed by atoms with E-state index in [4.69, 9.17) is 11.6 Å². The van der Waals surface area contributed by atoms with Crippen LogP contribution in [0.1, 0.15) is 170 Å². The second-order valence-corrected chi connectivity index (χ2v) is 29.6. The van der Waals surface area contributed by atoms with E-state index in [-0.39, 0.29) is 99.8 Å². The Morgan fingerprint density at radius 2 is 1.26 bits per heavy atom. The molecule has 5 fully saturated rings. The molecule has 0 bridgehead atoms. The topological polar surface area (TPSA) is 259 Å². The SMILES string of the molecule is CC[C@H](C)[C@@H]1NC(=O)[C@H](CC(C)C)N(C)C(=O)C[C@@H](C)NC(=O)[C@H](C(C)C)N(C)C(=O)C2(CCCC2)NC(=O)[C@@H]2CCCN2C(=O)[C@H](CCC2CCC(C(F)(F)F)C(Cl)C2)NC(=O)CN(C)C(=O)[C@H](CC2CCCC(Br)C2)N(C)C(=O)CN(C)C(=O)CN(C)C1=O. The van der Waals surface area contributed by atoms with E-state index < -0.39 is 162 Å². The molecule has 2 aliphatic heterocycles. The minimum atomic E-state index is -4.50. The average molecular weight is 1380 g/mol. The van der Waals surface area contributed by atoms with Crippen LogP contribution in [0.25, 0.3) is 0 Å². The zero-order valence-corrected chi connectivity index (χ0v) is 58.3. The van der Waals surface area contributed by atoms with E-state index in [1.165, 1.54) is 61.9 Å². The Morgan fingerprint density at radius 1 is 0.637 bits per heavy atom. The normalized spacial score (nSPS) is 31.1. The van der Waals surface area contributed by atoms with Crippen LogP contribution in [0.4, 0.5) is 13.2 Å². The van der Waals surface area contributed by atoms with E-state index in [1.807, 2.05) is 20.8 Å². The molecule has 5 aliphatic rings. The first-order valence-corrected chi connectivity index (χ1v) is 34.3. The molecular weight excluding hydrogens is 1270 g/mol. The molecule has 0 radical (unpaired) electrons. The van der Waals surface area contributed by atoms with E-state index in [0.717, 1.165) is 34.0 Å². The number of nitrogens with one attached hydrogen (secondary N) is 4. The Balaban J connectivity index is 1.53. The van der Waals surface area contributed by atoms with Gasteiger partial charge in [-0.15, -0.1) is 11.6 Å². The molecule has 27 heteroatoms. The van der Waals surface area contributed by atoms with Crippen LogP contribution in [0, 0.1) is 35.5 Å². The second kappa shape index (κ2) is 33.7. The van der Waals surface area contributed by atoms with E-state index in [0.29, 0.717) is 32.1 Å². The van der Waals surface area contributed by atoms with Gasteiger partial charge in [-0.3, -0.25) is 52.7 Å². The summed E-state index contributed by atoms with van der Waals surface area (Å²) in [4.78, 5) is 169. The van der Waals surface area contributed by atoms with Gasteiger partial charge in [0.05, 0.1) is 25.6 Å². The summed E-state index contributed by atoms with van der Waals surface area (Å²) in [6.45, 7) is 11.0. The molecular formula is C64H104BrClF3N11O11. The summed E-state index contributed by atoms with van der Waals surface area (Å²) in [7, 11) is 8.59. The maximum Gasteiger partial charge on any atom is 0.393 e. The van der Waals surface area contributed by atoms with Gasteiger partial charge in [-0.1, -0.05) is 89.6 Å². The van der Waals surface area contributed by atoms with Gasteiger partial charge in [0, 0.05) is 71.5 Å². The Labute approximate surface area is 550 Å². The lowest BCUT2D eigenvalue weighted by Gasteiger charge is -2.39. The van der Waals surface area contributed by atoms with Crippen molar-refractivity contribution in [3.8, 4) is 0 Å². The Bertz CT molecular complexity index is 2600. The summed E-state index contributed by atoms with van der Waals surface area (Å²) in [5.41, 5.74) is -1.48. The molecule has 91 heavy (non-hydrogen) atoms. The van der Waals surface area contributed by atoms with Gasteiger partial charge in [-0.2, -0.15) is 13.2 Å². The molecule has 5 unspecified atom stereocenters. The van der Waals surface area contributed by atoms with Gasteiger partial charge in [0.1, 0.15) is 41.8 Å². The fraction of sp³-hybridized carbons (Fsp3) is 0.828. The molecule has 22 nitrogen and oxygen atoms in total. The summed E-state index contributed by atoms with van der Waals surface area (Å²) in [5.74, 6) is -9.74. The van der Waals surface area contributed by atoms with Gasteiger partial charge in [-0.05, 0) is 120 Å². The number of nitrogens with zero attached hydrogens (tertiary/aromatic N) is 7. The van der Waals surface area contributed by atoms with Gasteiger partial charge in [0.25, 0.3) is 0 Å². The van der Waals surface area contributed by atoms with Gasteiger partial charge in [0.15, 0.2) is 0 Å². The lowest BCUT2D eigenvalue weighted by Crippen LogP contribution is -2.64. The van der Waals surface area contributed by atoms with Gasteiger partial charge in [-0.25, -0.2) is 0 Å². The van der Waals surface area contributed by atoms with Crippen molar-refractivity contribution in [2.24, 2.45) is 35.5 Å². The number of alkyl halides is 5. The molecule has 2 heterocycles. The van der Waals surface area contributed by atoms with Crippen LogP contribution in [-0.4, -0.2) is 232 Å². The third-order valence-electron chi connectivity index (χ3n) is 19.7. The minimum Gasteiger partial charge on any atom is -0.351 e. The number of carbonyl (C=O) groups excluding carboxylic acids is 11. The highest BCUT2D eigenvalue weighted by molar-refractivity contribution is 9.09. The summed E-state index contributed by atoms with van der Waals surface area (Å²) in [6.07, 6.45) is 1.58. The van der Waals surface area contributed by atoms with Crippen LogP contribution in [0.3, 0.4) is 0 Å². The standard InChI is InChI=1S/C64H104BrClF3N11O11/c1-14-39(6)54-61(90)76(10)35-52(83)74(8)36-53(84)78(12)49(33-42-19-17-20-43(65)31-42)60(89)75(9)34-50(81)71-46(25-23-41-22-24-44(45(66)32-41)64(67,68)69)59(88)80-28-18-21-47(80)57(86)73-63(26-15-16-27-63)62(91)79(13)55(38(4)5)58(87)70-40(7)30-51(82)77(11)48(29-37(2)3)56(85)72-54/h37-49,54-55H,14-36H2,1-13H3,(H,70,87)(H,71,81)(H,72,85)(H,73,86)/t39-,40+,41?,42?,43?,44?,45?,46-,47-,48-,49-,54-,55-/m0/s1. The average Bonchev–Trinajstić information content (AvgIpc) is 1.75. The quantitative estimate of drug-likeness (QED) is 0.196. The highest BCUT2D eigenvalue weighted by Crippen LogP contribution is 2.44. The Kier molecular flexibility index (Phi) is 28.3. The second-order valence-electron chi connectivity index (χ2n) is 27.8. The van der Waals surface area contributed by atoms with Crippen LogP contribution in [0.5, 0.6) is 0 Å². The molecule has 2 saturated heterocycles. The highest BCUT2D eigenvalue weighted by atomic mass is 79.9. The Morgan fingerprint density at radius 3 is 1.86 bits per heavy atom. The Hall–Kier alpha value is -5.27. The molecule has 0 aromatic carbocycles. The van der Waals surface area contributed by atoms with Crippen molar-refractivity contribution in [3.63, 3.8) is 0 Å². The number of rotatable bonds is 10. The summed E-state index contributed by atoms with van der Waals surface area (Å²) >= 11 is 10.1. The van der Waals surface area contributed by atoms with Crippen LogP contribution >= 0.6 is 27.5 Å². The number of likely N-dealkylation sites (N-methyl/N-ethyl adjacent to an activating group) is 6. The molecule has 3 aliphatic carbocycles. The van der Waals surface area contributed by atoms with Crippen molar-refractivity contribution >= 4 is 92.5 Å². The monoisotopic (exact) mass is 1370 g/mol. The van der Waals surface area contributed by atoms with Crippen molar-refractivity contribution in [1.82, 2.24) is 55.6 Å². The smallest absolute Gasteiger partial charge is 0.351 e. The zero-order valence-electron chi connectivity index (χ0n) is 55.9. The van der Waals surface area contributed by atoms with Gasteiger partial charge >= 0.3 is 6.18 Å². The molecule has 0 aromatic heterocycles. The molecule has 4 N–H and O–H groups in total. The zero-order chi connectivity index (χ0) is 68.1. The maximum absolute atomic E-state index is 15.1. The van der Waals surface area contributed by atoms with Gasteiger partial charge in [0.2, 0.25) is 65.0 Å². The number of hydrogen-bond donors (Lipinski definition) is 4. The minimum absolute atomic E-state index is 0.0104. The third kappa shape index (κ3) is 20.4. The van der Waals surface area contributed by atoms with Crippen molar-refractivity contribution in [2.45, 2.75) is 235 Å². The van der Waals surface area contributed by atoms with Crippen LogP contribution in [-0.2, 0) is 52.7 Å². The molecule has 3 saturated carbocycles. The third-order valence-corrected chi connectivity index (χ3v) is 21.0. The predicted octanol–water partition coefficient (Wildman–Crippen LogP) is 5.60. The molecule has 5 rings (SSSR count). The fourth-order valence-corrected chi connectivity index (χ4v) is 15.4. The first-order chi connectivity index (χ1) is 42.5. The lowest BCUT2D eigenvalue weighted by atomic mass is 9.78. The summed E-state index contributed by atoms with van der Waals surface area (Å²) in [5, 5.41) is 10.4. The van der Waals surface area contributed by atoms with Crippen molar-refractivity contribution < 1.29 is 65.9 Å². The molecule has 516 valence electrons. The summed E-state index contributed by atoms with van der Waals surface area (Å²) in [6, 6.07) is -7.63. The first-order valence-electron chi connectivity index (χ1n) is 32.9. The molecule has 11 amide bonds. The number of amides is 11. The number of hydrogen-bond acceptors (Lipinski definition) is 11. The lowest BCUT2D eigenvalue weighted by molar-refractivity contribution is -0.182.